The number of rotatable bonds is 5. The van der Waals surface area contributed by atoms with Gasteiger partial charge in [0.05, 0.1) is 17.9 Å². The van der Waals surface area contributed by atoms with Crippen molar-refractivity contribution >= 4 is 10.0 Å². The van der Waals surface area contributed by atoms with E-state index in [4.69, 9.17) is 4.74 Å². The smallest absolute Gasteiger partial charge is 0.416 e. The van der Waals surface area contributed by atoms with E-state index in [0.717, 1.165) is 12.3 Å². The number of alkyl halides is 3. The van der Waals surface area contributed by atoms with Gasteiger partial charge in [-0.1, -0.05) is 6.07 Å². The van der Waals surface area contributed by atoms with E-state index in [9.17, 15) is 21.6 Å². The summed E-state index contributed by atoms with van der Waals surface area (Å²) < 4.78 is 68.0. The highest BCUT2D eigenvalue weighted by Gasteiger charge is 2.34. The van der Waals surface area contributed by atoms with Gasteiger partial charge in [-0.25, -0.2) is 13.1 Å². The maximum absolute atomic E-state index is 13.0. The molecule has 4 nitrogen and oxygen atoms in total. The maximum Gasteiger partial charge on any atom is 0.416 e. The van der Waals surface area contributed by atoms with E-state index >= 15 is 0 Å². The van der Waals surface area contributed by atoms with E-state index in [2.05, 4.69) is 0 Å². The summed E-state index contributed by atoms with van der Waals surface area (Å²) in [5.41, 5.74) is -1.06. The predicted molar refractivity (Wildman–Crippen MR) is 68.9 cm³/mol. The molecule has 0 unspecified atom stereocenters. The van der Waals surface area contributed by atoms with Gasteiger partial charge in [0.15, 0.2) is 0 Å². The highest BCUT2D eigenvalue weighted by atomic mass is 32.2. The first-order valence-electron chi connectivity index (χ1n) is 5.80. The Hall–Kier alpha value is -1.28. The SMILES string of the molecule is CC(C)Oc1ccc(CNS(C)(=O)=O)c(C(F)(F)F)c1. The van der Waals surface area contributed by atoms with Crippen molar-refractivity contribution in [1.82, 2.24) is 4.72 Å². The molecule has 8 heteroatoms. The Kier molecular flexibility index (Phi) is 5.04. The van der Waals surface area contributed by atoms with Gasteiger partial charge in [0.2, 0.25) is 10.0 Å². The molecule has 1 aromatic rings. The molecular weight excluding hydrogens is 295 g/mol. The van der Waals surface area contributed by atoms with Crippen molar-refractivity contribution in [3.8, 4) is 5.75 Å². The standard InChI is InChI=1S/C12H16F3NO3S/c1-8(2)19-10-5-4-9(7-16-20(3,17)18)11(6-10)12(13,14)15/h4-6,8,16H,7H2,1-3H3. The van der Waals surface area contributed by atoms with Crippen molar-refractivity contribution in [1.29, 1.82) is 0 Å². The van der Waals surface area contributed by atoms with E-state index in [-0.39, 0.29) is 17.4 Å². The maximum atomic E-state index is 13.0. The summed E-state index contributed by atoms with van der Waals surface area (Å²) in [7, 11) is -3.56. The summed E-state index contributed by atoms with van der Waals surface area (Å²) in [6.45, 7) is 2.98. The van der Waals surface area contributed by atoms with E-state index in [1.807, 2.05) is 4.72 Å². The molecule has 1 N–H and O–H groups in total. The lowest BCUT2D eigenvalue weighted by Gasteiger charge is -2.16. The summed E-state index contributed by atoms with van der Waals surface area (Å²) in [4.78, 5) is 0. The zero-order valence-corrected chi connectivity index (χ0v) is 12.1. The van der Waals surface area contributed by atoms with Crippen molar-refractivity contribution in [3.63, 3.8) is 0 Å². The van der Waals surface area contributed by atoms with E-state index in [1.165, 1.54) is 12.1 Å². The molecule has 0 radical (unpaired) electrons. The number of halogens is 3. The molecule has 0 fully saturated rings. The fourth-order valence-corrected chi connectivity index (χ4v) is 1.95. The Morgan fingerprint density at radius 1 is 1.30 bits per heavy atom. The fraction of sp³-hybridized carbons (Fsp3) is 0.500. The number of hydrogen-bond acceptors (Lipinski definition) is 3. The Labute approximate surface area is 116 Å². The van der Waals surface area contributed by atoms with Crippen LogP contribution in [0.3, 0.4) is 0 Å². The average molecular weight is 311 g/mol. The van der Waals surface area contributed by atoms with Crippen LogP contribution in [0.5, 0.6) is 5.75 Å². The normalized spacial score (nSPS) is 12.8. The zero-order chi connectivity index (χ0) is 15.6. The third-order valence-electron chi connectivity index (χ3n) is 2.28. The highest BCUT2D eigenvalue weighted by Crippen LogP contribution is 2.34. The minimum Gasteiger partial charge on any atom is -0.491 e. The number of benzene rings is 1. The average Bonchev–Trinajstić information content (AvgIpc) is 2.24. The van der Waals surface area contributed by atoms with E-state index in [0.29, 0.717) is 0 Å². The van der Waals surface area contributed by atoms with Crippen molar-refractivity contribution in [3.05, 3.63) is 29.3 Å². The molecule has 0 atom stereocenters. The first kappa shape index (κ1) is 16.8. The third-order valence-corrected chi connectivity index (χ3v) is 2.95. The summed E-state index contributed by atoms with van der Waals surface area (Å²) in [6, 6.07) is 3.46. The summed E-state index contributed by atoms with van der Waals surface area (Å²) in [5, 5.41) is 0. The van der Waals surface area contributed by atoms with Crippen LogP contribution < -0.4 is 9.46 Å². The molecule has 0 saturated carbocycles. The van der Waals surface area contributed by atoms with Crippen LogP contribution in [0, 0.1) is 0 Å². The number of nitrogens with one attached hydrogen (secondary N) is 1. The minimum atomic E-state index is -4.58. The molecule has 1 rings (SSSR count). The van der Waals surface area contributed by atoms with Crippen molar-refractivity contribution in [2.24, 2.45) is 0 Å². The molecule has 20 heavy (non-hydrogen) atoms. The second kappa shape index (κ2) is 6.01. The van der Waals surface area contributed by atoms with Gasteiger partial charge in [0.25, 0.3) is 0 Å². The minimum absolute atomic E-state index is 0.0930. The molecule has 0 spiro atoms. The Bertz CT molecular complexity index is 568. The second-order valence-corrected chi connectivity index (χ2v) is 6.41. The van der Waals surface area contributed by atoms with Gasteiger partial charge in [-0.2, -0.15) is 13.2 Å². The van der Waals surface area contributed by atoms with Crippen LogP contribution >= 0.6 is 0 Å². The first-order chi connectivity index (χ1) is 8.99. The Morgan fingerprint density at radius 3 is 2.35 bits per heavy atom. The van der Waals surface area contributed by atoms with Crippen molar-refractivity contribution < 1.29 is 26.3 Å². The molecule has 0 bridgehead atoms. The number of hydrogen-bond donors (Lipinski definition) is 1. The van der Waals surface area contributed by atoms with Gasteiger partial charge in [0, 0.05) is 6.54 Å². The number of sulfonamides is 1. The van der Waals surface area contributed by atoms with Crippen LogP contribution in [0.1, 0.15) is 25.0 Å². The molecule has 0 aromatic heterocycles. The molecule has 1 aromatic carbocycles. The Balaban J connectivity index is 3.11. The lowest BCUT2D eigenvalue weighted by Crippen LogP contribution is -2.23. The largest absolute Gasteiger partial charge is 0.491 e. The van der Waals surface area contributed by atoms with Crippen molar-refractivity contribution in [2.75, 3.05) is 6.26 Å². The predicted octanol–water partition coefficient (Wildman–Crippen LogP) is 2.54. The van der Waals surface area contributed by atoms with Gasteiger partial charge < -0.3 is 4.74 Å². The van der Waals surface area contributed by atoms with Crippen LogP contribution in [0.15, 0.2) is 18.2 Å². The topological polar surface area (TPSA) is 55.4 Å². The molecular formula is C12H16F3NO3S. The van der Waals surface area contributed by atoms with Gasteiger partial charge in [-0.3, -0.25) is 0 Å². The monoisotopic (exact) mass is 311 g/mol. The van der Waals surface area contributed by atoms with E-state index in [1.54, 1.807) is 13.8 Å². The molecule has 0 saturated heterocycles. The van der Waals surface area contributed by atoms with Crippen LogP contribution in [0.2, 0.25) is 0 Å². The summed E-state index contributed by atoms with van der Waals surface area (Å²) in [6.07, 6.45) is -3.95. The molecule has 0 aliphatic heterocycles. The van der Waals surface area contributed by atoms with Crippen LogP contribution in [-0.4, -0.2) is 20.8 Å². The molecule has 0 amide bonds. The number of ether oxygens (including phenoxy) is 1. The van der Waals surface area contributed by atoms with Crippen LogP contribution in [0.4, 0.5) is 13.2 Å². The molecule has 0 aliphatic carbocycles. The van der Waals surface area contributed by atoms with Crippen LogP contribution in [-0.2, 0) is 22.7 Å². The van der Waals surface area contributed by atoms with Crippen molar-refractivity contribution in [2.45, 2.75) is 32.7 Å². The quantitative estimate of drug-likeness (QED) is 0.909. The Morgan fingerprint density at radius 2 is 1.90 bits per heavy atom. The van der Waals surface area contributed by atoms with Gasteiger partial charge in [-0.05, 0) is 31.5 Å². The fourth-order valence-electron chi connectivity index (χ4n) is 1.53. The van der Waals surface area contributed by atoms with Crippen LogP contribution in [0.25, 0.3) is 0 Å². The molecule has 0 aliphatic rings. The second-order valence-electron chi connectivity index (χ2n) is 4.58. The third kappa shape index (κ3) is 5.38. The van der Waals surface area contributed by atoms with Gasteiger partial charge >= 0.3 is 6.18 Å². The first-order valence-corrected chi connectivity index (χ1v) is 7.69. The summed E-state index contributed by atoms with van der Waals surface area (Å²) >= 11 is 0. The van der Waals surface area contributed by atoms with E-state index < -0.39 is 28.3 Å². The van der Waals surface area contributed by atoms with Gasteiger partial charge in [-0.15, -0.1) is 0 Å². The highest BCUT2D eigenvalue weighted by molar-refractivity contribution is 7.88. The lowest BCUT2D eigenvalue weighted by atomic mass is 10.1. The molecule has 114 valence electrons. The summed E-state index contributed by atoms with van der Waals surface area (Å²) in [5.74, 6) is 0.0930. The molecule has 0 heterocycles. The zero-order valence-electron chi connectivity index (χ0n) is 11.3. The van der Waals surface area contributed by atoms with Gasteiger partial charge in [0.1, 0.15) is 5.75 Å². The lowest BCUT2D eigenvalue weighted by molar-refractivity contribution is -0.138.